The fourth-order valence-corrected chi connectivity index (χ4v) is 1.25. The third-order valence-corrected chi connectivity index (χ3v) is 1.80. The average Bonchev–Trinajstić information content (AvgIpc) is 2.16. The molecule has 0 aliphatic rings. The van der Waals surface area contributed by atoms with Crippen molar-refractivity contribution < 1.29 is 18.3 Å². The van der Waals surface area contributed by atoms with Gasteiger partial charge in [0.25, 0.3) is 6.43 Å². The van der Waals surface area contributed by atoms with E-state index in [2.05, 4.69) is 9.72 Å². The normalized spacial score (nSPS) is 10.4. The molecule has 1 aromatic rings. The number of halogens is 3. The van der Waals surface area contributed by atoms with Crippen molar-refractivity contribution in [1.82, 2.24) is 4.98 Å². The largest absolute Gasteiger partial charge is 0.493 e. The van der Waals surface area contributed by atoms with Gasteiger partial charge in [-0.3, -0.25) is 4.79 Å². The summed E-state index contributed by atoms with van der Waals surface area (Å²) in [5, 5.41) is -0.243. The first-order chi connectivity index (χ1) is 6.60. The molecule has 0 aromatic carbocycles. The Morgan fingerprint density at radius 1 is 1.64 bits per heavy atom. The number of ether oxygens (including phenoxy) is 1. The van der Waals surface area contributed by atoms with Gasteiger partial charge in [-0.1, -0.05) is 11.6 Å². The third-order valence-electron chi connectivity index (χ3n) is 1.54. The second kappa shape index (κ2) is 4.32. The van der Waals surface area contributed by atoms with Crippen LogP contribution >= 0.6 is 11.6 Å². The first-order valence-corrected chi connectivity index (χ1v) is 3.95. The number of aldehydes is 1. The topological polar surface area (TPSA) is 39.2 Å². The molecule has 76 valence electrons. The number of methoxy groups -OCH3 is 1. The van der Waals surface area contributed by atoms with Crippen LogP contribution < -0.4 is 4.74 Å². The number of hydrogen-bond acceptors (Lipinski definition) is 3. The highest BCUT2D eigenvalue weighted by Gasteiger charge is 2.18. The van der Waals surface area contributed by atoms with Crippen molar-refractivity contribution in [3.8, 4) is 5.75 Å². The van der Waals surface area contributed by atoms with Gasteiger partial charge in [0.2, 0.25) is 0 Å². The summed E-state index contributed by atoms with van der Waals surface area (Å²) in [5.41, 5.74) is -0.583. The molecule has 0 aliphatic heterocycles. The number of rotatable bonds is 3. The van der Waals surface area contributed by atoms with Crippen LogP contribution in [0.2, 0.25) is 5.15 Å². The molecule has 0 bridgehead atoms. The van der Waals surface area contributed by atoms with Crippen LogP contribution in [-0.2, 0) is 0 Å². The molecule has 0 unspecified atom stereocenters. The summed E-state index contributed by atoms with van der Waals surface area (Å²) in [4.78, 5) is 13.9. The molecule has 0 saturated heterocycles. The minimum absolute atomic E-state index is 0.147. The van der Waals surface area contributed by atoms with E-state index in [9.17, 15) is 13.6 Å². The molecule has 6 heteroatoms. The molecular formula is C8H6ClF2NO2. The molecule has 0 amide bonds. The lowest BCUT2D eigenvalue weighted by molar-refractivity contribution is 0.111. The maximum atomic E-state index is 12.4. The summed E-state index contributed by atoms with van der Waals surface area (Å²) in [6, 6.07) is 0.947. The molecule has 1 aromatic heterocycles. The summed E-state index contributed by atoms with van der Waals surface area (Å²) in [7, 11) is 1.20. The van der Waals surface area contributed by atoms with Gasteiger partial charge in [0.05, 0.1) is 12.7 Å². The van der Waals surface area contributed by atoms with Crippen LogP contribution in [-0.4, -0.2) is 18.4 Å². The molecule has 0 fully saturated rings. The van der Waals surface area contributed by atoms with Crippen molar-refractivity contribution >= 4 is 17.9 Å². The molecule has 3 nitrogen and oxygen atoms in total. The van der Waals surface area contributed by atoms with E-state index < -0.39 is 12.0 Å². The molecule has 0 saturated carbocycles. The number of pyridine rings is 1. The van der Waals surface area contributed by atoms with Crippen molar-refractivity contribution in [2.75, 3.05) is 7.11 Å². The second-order valence-electron chi connectivity index (χ2n) is 2.38. The molecule has 0 N–H and O–H groups in total. The zero-order valence-corrected chi connectivity index (χ0v) is 7.89. The lowest BCUT2D eigenvalue weighted by Crippen LogP contribution is -1.98. The van der Waals surface area contributed by atoms with Gasteiger partial charge in [0.15, 0.2) is 17.2 Å². The summed E-state index contributed by atoms with van der Waals surface area (Å²) in [5.74, 6) is -0.202. The van der Waals surface area contributed by atoms with E-state index in [4.69, 9.17) is 11.6 Å². The van der Waals surface area contributed by atoms with E-state index in [-0.39, 0.29) is 16.6 Å². The zero-order chi connectivity index (χ0) is 10.7. The van der Waals surface area contributed by atoms with Crippen molar-refractivity contribution in [2.24, 2.45) is 0 Å². The van der Waals surface area contributed by atoms with E-state index in [0.717, 1.165) is 6.07 Å². The summed E-state index contributed by atoms with van der Waals surface area (Å²) in [6.07, 6.45) is -2.42. The van der Waals surface area contributed by atoms with Gasteiger partial charge >= 0.3 is 0 Å². The average molecular weight is 222 g/mol. The molecule has 1 heterocycles. The minimum Gasteiger partial charge on any atom is -0.493 e. The summed E-state index contributed by atoms with van der Waals surface area (Å²) >= 11 is 5.53. The Bertz CT molecular complexity index is 357. The lowest BCUT2D eigenvalue weighted by atomic mass is 10.2. The molecule has 0 aliphatic carbocycles. The standard InChI is InChI=1S/C8H6ClF2NO2/c1-14-6-5(8(10)11)2-4(3-13)12-7(6)9/h2-3,8H,1H3. The Labute approximate surface area is 83.7 Å². The van der Waals surface area contributed by atoms with Crippen LogP contribution in [0.4, 0.5) is 8.78 Å². The van der Waals surface area contributed by atoms with E-state index in [1.165, 1.54) is 7.11 Å². The van der Waals surface area contributed by atoms with Crippen molar-refractivity contribution in [2.45, 2.75) is 6.43 Å². The fourth-order valence-electron chi connectivity index (χ4n) is 0.965. The molecule has 0 radical (unpaired) electrons. The number of alkyl halides is 2. The van der Waals surface area contributed by atoms with E-state index >= 15 is 0 Å². The van der Waals surface area contributed by atoms with Gasteiger partial charge < -0.3 is 4.74 Å². The number of nitrogens with zero attached hydrogens (tertiary/aromatic N) is 1. The zero-order valence-electron chi connectivity index (χ0n) is 7.13. The van der Waals surface area contributed by atoms with E-state index in [1.54, 1.807) is 0 Å². The molecule has 14 heavy (non-hydrogen) atoms. The number of hydrogen-bond donors (Lipinski definition) is 0. The number of aromatic nitrogens is 1. The molecule has 0 atom stereocenters. The first-order valence-electron chi connectivity index (χ1n) is 3.58. The van der Waals surface area contributed by atoms with Crippen LogP contribution in [0.25, 0.3) is 0 Å². The van der Waals surface area contributed by atoms with Gasteiger partial charge in [0.1, 0.15) is 5.69 Å². The predicted octanol–water partition coefficient (Wildman–Crippen LogP) is 2.49. The Balaban J connectivity index is 3.35. The van der Waals surface area contributed by atoms with E-state index in [0.29, 0.717) is 6.29 Å². The Morgan fingerprint density at radius 2 is 2.29 bits per heavy atom. The SMILES string of the molecule is COc1c(C(F)F)cc(C=O)nc1Cl. The van der Waals surface area contributed by atoms with Crippen molar-refractivity contribution in [3.05, 3.63) is 22.5 Å². The van der Waals surface area contributed by atoms with Crippen LogP contribution in [0.1, 0.15) is 22.5 Å². The highest BCUT2D eigenvalue weighted by molar-refractivity contribution is 6.31. The Kier molecular flexibility index (Phi) is 3.35. The number of carbonyl (C=O) groups is 1. The van der Waals surface area contributed by atoms with Crippen LogP contribution in [0.15, 0.2) is 6.07 Å². The maximum Gasteiger partial charge on any atom is 0.267 e. The second-order valence-corrected chi connectivity index (χ2v) is 2.74. The quantitative estimate of drug-likeness (QED) is 0.582. The highest BCUT2D eigenvalue weighted by Crippen LogP contribution is 2.33. The summed E-state index contributed by atoms with van der Waals surface area (Å²) < 4.78 is 29.5. The maximum absolute atomic E-state index is 12.4. The van der Waals surface area contributed by atoms with Gasteiger partial charge in [-0.05, 0) is 6.07 Å². The van der Waals surface area contributed by atoms with Gasteiger partial charge in [-0.25, -0.2) is 13.8 Å². The number of carbonyl (C=O) groups excluding carboxylic acids is 1. The van der Waals surface area contributed by atoms with Crippen molar-refractivity contribution in [1.29, 1.82) is 0 Å². The highest BCUT2D eigenvalue weighted by atomic mass is 35.5. The predicted molar refractivity (Wildman–Crippen MR) is 46.1 cm³/mol. The van der Waals surface area contributed by atoms with Crippen LogP contribution in [0, 0.1) is 0 Å². The smallest absolute Gasteiger partial charge is 0.267 e. The van der Waals surface area contributed by atoms with Gasteiger partial charge in [0, 0.05) is 0 Å². The Morgan fingerprint density at radius 3 is 2.71 bits per heavy atom. The van der Waals surface area contributed by atoms with Gasteiger partial charge in [-0.2, -0.15) is 0 Å². The lowest BCUT2D eigenvalue weighted by Gasteiger charge is -2.08. The Hall–Kier alpha value is -1.23. The molecule has 0 spiro atoms. The molecule has 1 rings (SSSR count). The monoisotopic (exact) mass is 221 g/mol. The fraction of sp³-hybridized carbons (Fsp3) is 0.250. The molecular weight excluding hydrogens is 216 g/mol. The van der Waals surface area contributed by atoms with Gasteiger partial charge in [-0.15, -0.1) is 0 Å². The third kappa shape index (κ3) is 1.98. The summed E-state index contributed by atoms with van der Waals surface area (Å²) in [6.45, 7) is 0. The van der Waals surface area contributed by atoms with E-state index in [1.807, 2.05) is 0 Å². The van der Waals surface area contributed by atoms with Crippen LogP contribution in [0.3, 0.4) is 0 Å². The minimum atomic E-state index is -2.76. The van der Waals surface area contributed by atoms with Crippen molar-refractivity contribution in [3.63, 3.8) is 0 Å². The van der Waals surface area contributed by atoms with Crippen LogP contribution in [0.5, 0.6) is 5.75 Å². The first kappa shape index (κ1) is 10.8.